The van der Waals surface area contributed by atoms with Crippen LogP contribution in [0.4, 0.5) is 4.39 Å². The van der Waals surface area contributed by atoms with E-state index >= 15 is 0 Å². The summed E-state index contributed by atoms with van der Waals surface area (Å²) < 4.78 is 18.0. The van der Waals surface area contributed by atoms with E-state index in [0.717, 1.165) is 12.1 Å². The molecule has 1 aromatic carbocycles. The summed E-state index contributed by atoms with van der Waals surface area (Å²) in [6, 6.07) is 4.78. The molecule has 1 N–H and O–H groups in total. The van der Waals surface area contributed by atoms with Crippen molar-refractivity contribution in [3.63, 3.8) is 0 Å². The van der Waals surface area contributed by atoms with Crippen molar-refractivity contribution in [2.75, 3.05) is 13.7 Å². The average Bonchev–Trinajstić information content (AvgIpc) is 2.17. The molecule has 0 heterocycles. The first kappa shape index (κ1) is 11.0. The lowest BCUT2D eigenvalue weighted by atomic mass is 10.1. The largest absolute Gasteiger partial charge is 0.496 e. The number of methoxy groups -OCH3 is 1. The highest BCUT2D eigenvalue weighted by Gasteiger charge is 2.10. The van der Waals surface area contributed by atoms with Crippen LogP contribution in [-0.2, 0) is 0 Å². The molecule has 1 atom stereocenters. The Morgan fingerprint density at radius 3 is 2.79 bits per heavy atom. The van der Waals surface area contributed by atoms with E-state index in [1.165, 1.54) is 12.1 Å². The van der Waals surface area contributed by atoms with Crippen LogP contribution in [0.3, 0.4) is 0 Å². The van der Waals surface area contributed by atoms with Gasteiger partial charge in [0.15, 0.2) is 0 Å². The molecule has 78 valence electrons. The fourth-order valence-corrected chi connectivity index (χ4v) is 1.46. The summed E-state index contributed by atoms with van der Waals surface area (Å²) in [7, 11) is 1.55. The number of benzene rings is 1. The van der Waals surface area contributed by atoms with Crippen LogP contribution in [-0.4, -0.2) is 13.7 Å². The Balaban J connectivity index is 2.95. The zero-order valence-electron chi connectivity index (χ0n) is 8.80. The van der Waals surface area contributed by atoms with E-state index in [0.29, 0.717) is 5.75 Å². The van der Waals surface area contributed by atoms with Crippen LogP contribution in [0.5, 0.6) is 5.75 Å². The number of hydrogen-bond acceptors (Lipinski definition) is 2. The molecule has 0 saturated heterocycles. The molecule has 0 aliphatic rings. The van der Waals surface area contributed by atoms with Crippen molar-refractivity contribution in [3.8, 4) is 5.75 Å². The lowest BCUT2D eigenvalue weighted by Crippen LogP contribution is -2.18. The second-order valence-corrected chi connectivity index (χ2v) is 3.17. The van der Waals surface area contributed by atoms with Crippen LogP contribution in [0.1, 0.15) is 25.5 Å². The Morgan fingerprint density at radius 1 is 1.50 bits per heavy atom. The first-order valence-electron chi connectivity index (χ1n) is 4.75. The van der Waals surface area contributed by atoms with Gasteiger partial charge in [-0.05, 0) is 19.5 Å². The second-order valence-electron chi connectivity index (χ2n) is 3.17. The molecule has 0 radical (unpaired) electrons. The number of ether oxygens (including phenoxy) is 1. The molecule has 0 aromatic heterocycles. The summed E-state index contributed by atoms with van der Waals surface area (Å²) in [6.45, 7) is 4.94. The first-order valence-corrected chi connectivity index (χ1v) is 4.75. The van der Waals surface area contributed by atoms with Gasteiger partial charge >= 0.3 is 0 Å². The number of nitrogens with one attached hydrogen (secondary N) is 1. The summed E-state index contributed by atoms with van der Waals surface area (Å²) in [4.78, 5) is 0. The fourth-order valence-electron chi connectivity index (χ4n) is 1.46. The standard InChI is InChI=1S/C11H16FNO/c1-4-13-8(2)10-6-5-9(12)7-11(10)14-3/h5-8,13H,4H2,1-3H3. The predicted octanol–water partition coefficient (Wildman–Crippen LogP) is 2.50. The van der Waals surface area contributed by atoms with E-state index < -0.39 is 0 Å². The Hall–Kier alpha value is -1.09. The number of halogens is 1. The normalized spacial score (nSPS) is 12.6. The Labute approximate surface area is 84.1 Å². The van der Waals surface area contributed by atoms with Gasteiger partial charge in [0.25, 0.3) is 0 Å². The summed E-state index contributed by atoms with van der Waals surface area (Å²) in [5.41, 5.74) is 0.982. The summed E-state index contributed by atoms with van der Waals surface area (Å²) in [5, 5.41) is 3.25. The topological polar surface area (TPSA) is 21.3 Å². The molecule has 0 aliphatic carbocycles. The predicted molar refractivity (Wildman–Crippen MR) is 55.0 cm³/mol. The van der Waals surface area contributed by atoms with Gasteiger partial charge < -0.3 is 10.1 Å². The van der Waals surface area contributed by atoms with Gasteiger partial charge in [-0.3, -0.25) is 0 Å². The third-order valence-corrected chi connectivity index (χ3v) is 2.17. The van der Waals surface area contributed by atoms with E-state index in [9.17, 15) is 4.39 Å². The van der Waals surface area contributed by atoms with Crippen LogP contribution >= 0.6 is 0 Å². The lowest BCUT2D eigenvalue weighted by molar-refractivity contribution is 0.399. The molecular formula is C11H16FNO. The van der Waals surface area contributed by atoms with Crippen LogP contribution in [0.15, 0.2) is 18.2 Å². The minimum Gasteiger partial charge on any atom is -0.496 e. The third kappa shape index (κ3) is 2.45. The molecule has 1 unspecified atom stereocenters. The molecule has 1 aromatic rings. The van der Waals surface area contributed by atoms with Crippen molar-refractivity contribution in [2.24, 2.45) is 0 Å². The zero-order valence-corrected chi connectivity index (χ0v) is 8.80. The lowest BCUT2D eigenvalue weighted by Gasteiger charge is -2.16. The summed E-state index contributed by atoms with van der Waals surface area (Å²) >= 11 is 0. The molecule has 3 heteroatoms. The molecule has 0 fully saturated rings. The highest BCUT2D eigenvalue weighted by Crippen LogP contribution is 2.25. The van der Waals surface area contributed by atoms with Crippen LogP contribution < -0.4 is 10.1 Å². The maximum Gasteiger partial charge on any atom is 0.126 e. The van der Waals surface area contributed by atoms with Gasteiger partial charge in [-0.2, -0.15) is 0 Å². The molecule has 0 bridgehead atoms. The molecule has 0 spiro atoms. The summed E-state index contributed by atoms with van der Waals surface area (Å²) in [6.07, 6.45) is 0. The maximum absolute atomic E-state index is 12.9. The van der Waals surface area contributed by atoms with Crippen molar-refractivity contribution >= 4 is 0 Å². The Kier molecular flexibility index (Phi) is 3.89. The monoisotopic (exact) mass is 197 g/mol. The van der Waals surface area contributed by atoms with Crippen molar-refractivity contribution in [3.05, 3.63) is 29.6 Å². The molecule has 1 rings (SSSR count). The van der Waals surface area contributed by atoms with E-state index in [-0.39, 0.29) is 11.9 Å². The molecule has 14 heavy (non-hydrogen) atoms. The molecular weight excluding hydrogens is 181 g/mol. The van der Waals surface area contributed by atoms with E-state index in [1.807, 2.05) is 13.8 Å². The number of hydrogen-bond donors (Lipinski definition) is 1. The number of rotatable bonds is 4. The molecule has 0 saturated carbocycles. The maximum atomic E-state index is 12.9. The third-order valence-electron chi connectivity index (χ3n) is 2.17. The average molecular weight is 197 g/mol. The smallest absolute Gasteiger partial charge is 0.126 e. The molecule has 0 aliphatic heterocycles. The van der Waals surface area contributed by atoms with Gasteiger partial charge in [-0.15, -0.1) is 0 Å². The van der Waals surface area contributed by atoms with Crippen molar-refractivity contribution in [1.82, 2.24) is 5.32 Å². The highest BCUT2D eigenvalue weighted by atomic mass is 19.1. The Morgan fingerprint density at radius 2 is 2.21 bits per heavy atom. The fraction of sp³-hybridized carbons (Fsp3) is 0.455. The van der Waals surface area contributed by atoms with Crippen molar-refractivity contribution < 1.29 is 9.13 Å². The molecule has 0 amide bonds. The first-order chi connectivity index (χ1) is 6.69. The van der Waals surface area contributed by atoms with Gasteiger partial charge in [0, 0.05) is 17.7 Å². The van der Waals surface area contributed by atoms with Gasteiger partial charge in [-0.25, -0.2) is 4.39 Å². The van der Waals surface area contributed by atoms with E-state index in [2.05, 4.69) is 5.32 Å². The van der Waals surface area contributed by atoms with Crippen molar-refractivity contribution in [1.29, 1.82) is 0 Å². The van der Waals surface area contributed by atoms with E-state index in [1.54, 1.807) is 13.2 Å². The quantitative estimate of drug-likeness (QED) is 0.800. The summed E-state index contributed by atoms with van der Waals surface area (Å²) in [5.74, 6) is 0.327. The zero-order chi connectivity index (χ0) is 10.6. The van der Waals surface area contributed by atoms with E-state index in [4.69, 9.17) is 4.74 Å². The minimum atomic E-state index is -0.269. The van der Waals surface area contributed by atoms with Crippen LogP contribution in [0.25, 0.3) is 0 Å². The SMILES string of the molecule is CCNC(C)c1ccc(F)cc1OC. The van der Waals surface area contributed by atoms with Gasteiger partial charge in [0.1, 0.15) is 11.6 Å². The van der Waals surface area contributed by atoms with Gasteiger partial charge in [-0.1, -0.05) is 13.0 Å². The highest BCUT2D eigenvalue weighted by molar-refractivity contribution is 5.36. The van der Waals surface area contributed by atoms with Crippen molar-refractivity contribution in [2.45, 2.75) is 19.9 Å². The van der Waals surface area contributed by atoms with Crippen LogP contribution in [0, 0.1) is 5.82 Å². The van der Waals surface area contributed by atoms with Gasteiger partial charge in [0.2, 0.25) is 0 Å². The van der Waals surface area contributed by atoms with Gasteiger partial charge in [0.05, 0.1) is 7.11 Å². The minimum absolute atomic E-state index is 0.176. The van der Waals surface area contributed by atoms with Crippen LogP contribution in [0.2, 0.25) is 0 Å². The molecule has 2 nitrogen and oxygen atoms in total. The second kappa shape index (κ2) is 4.96. The Bertz CT molecular complexity index is 301.